The Bertz CT molecular complexity index is 1730. The lowest BCUT2D eigenvalue weighted by Gasteiger charge is -2.22. The third-order valence-electron chi connectivity index (χ3n) is 8.33. The maximum Gasteiger partial charge on any atom is 0.109 e. The van der Waals surface area contributed by atoms with Crippen molar-refractivity contribution in [3.63, 3.8) is 0 Å². The van der Waals surface area contributed by atoms with E-state index < -0.39 is 0 Å². The number of anilines is 2. The lowest BCUT2D eigenvalue weighted by atomic mass is 10.0. The van der Waals surface area contributed by atoms with Crippen LogP contribution in [0.15, 0.2) is 85.2 Å². The average molecular weight is 605 g/mol. The molecule has 9 heteroatoms. The van der Waals surface area contributed by atoms with Crippen molar-refractivity contribution in [1.29, 1.82) is 5.26 Å². The number of aryl methyl sites for hydroxylation is 1. The third-order valence-corrected chi connectivity index (χ3v) is 8.62. The second kappa shape index (κ2) is 13.9. The molecular formula is C35H37ClN8. The molecule has 2 aromatic heterocycles. The van der Waals surface area contributed by atoms with Gasteiger partial charge in [-0.2, -0.15) is 5.26 Å². The summed E-state index contributed by atoms with van der Waals surface area (Å²) in [6.07, 6.45) is 8.11. The normalized spacial score (nSPS) is 14.8. The molecule has 0 radical (unpaired) electrons. The lowest BCUT2D eigenvalue weighted by Crippen LogP contribution is -2.21. The van der Waals surface area contributed by atoms with Gasteiger partial charge in [0.2, 0.25) is 0 Å². The minimum Gasteiger partial charge on any atom is -0.377 e. The minimum absolute atomic E-state index is 0.0156. The van der Waals surface area contributed by atoms with Gasteiger partial charge in [-0.25, -0.2) is 0 Å². The van der Waals surface area contributed by atoms with E-state index in [1.807, 2.05) is 59.4 Å². The number of fused-ring (bicyclic) bond motifs is 1. The van der Waals surface area contributed by atoms with E-state index in [0.29, 0.717) is 16.1 Å². The lowest BCUT2D eigenvalue weighted by molar-refractivity contribution is 0.321. The molecule has 0 unspecified atom stereocenters. The molecule has 1 saturated heterocycles. The van der Waals surface area contributed by atoms with Crippen LogP contribution in [0.5, 0.6) is 0 Å². The molecule has 0 amide bonds. The highest BCUT2D eigenvalue weighted by Crippen LogP contribution is 2.37. The maximum absolute atomic E-state index is 10.0. The van der Waals surface area contributed by atoms with E-state index in [1.165, 1.54) is 25.9 Å². The summed E-state index contributed by atoms with van der Waals surface area (Å²) in [5.41, 5.74) is 5.66. The number of benzene rings is 3. The summed E-state index contributed by atoms with van der Waals surface area (Å²) < 4.78 is 1.94. The van der Waals surface area contributed by atoms with Crippen LogP contribution >= 0.6 is 11.6 Å². The number of nitrogens with zero attached hydrogens (tertiary/aromatic N) is 6. The van der Waals surface area contributed by atoms with Crippen LogP contribution in [0.1, 0.15) is 67.1 Å². The number of rotatable bonds is 12. The number of pyridine rings is 1. The van der Waals surface area contributed by atoms with E-state index in [1.54, 1.807) is 6.20 Å². The molecule has 8 nitrogen and oxygen atoms in total. The van der Waals surface area contributed by atoms with Crippen molar-refractivity contribution >= 4 is 33.9 Å². The zero-order chi connectivity index (χ0) is 30.3. The van der Waals surface area contributed by atoms with Crippen LogP contribution in [0.3, 0.4) is 0 Å². The number of nitrogens with one attached hydrogen (secondary N) is 2. The van der Waals surface area contributed by atoms with Gasteiger partial charge in [0.25, 0.3) is 0 Å². The Morgan fingerprint density at radius 1 is 0.955 bits per heavy atom. The molecule has 1 fully saturated rings. The molecule has 3 heterocycles. The van der Waals surface area contributed by atoms with Crippen molar-refractivity contribution in [2.24, 2.45) is 0 Å². The first-order chi connectivity index (χ1) is 21.6. The van der Waals surface area contributed by atoms with E-state index in [0.717, 1.165) is 59.5 Å². The van der Waals surface area contributed by atoms with Crippen LogP contribution in [0.2, 0.25) is 5.02 Å². The quantitative estimate of drug-likeness (QED) is 0.151. The standard InChI is InChI=1S/C35H37ClN8/c1-2-31(25-12-5-3-6-13-25)40-33-27(22-37)23-38-35-29(33)20-28(21-30(35)36)39-34(26-14-7-4-8-15-26)32-24-44(42-41-32)19-11-18-43-16-9-10-17-43/h3-8,12-15,20-21,23-24,31,34,39H,2,9-11,16-19H2,1H3,(H,38,40)/t31-,34+/m1/s1. The van der Waals surface area contributed by atoms with Crippen LogP contribution in [-0.4, -0.2) is 44.5 Å². The molecular weight excluding hydrogens is 568 g/mol. The number of aromatic nitrogens is 4. The van der Waals surface area contributed by atoms with Crippen LogP contribution in [0.25, 0.3) is 10.9 Å². The first-order valence-electron chi connectivity index (χ1n) is 15.4. The second-order valence-corrected chi connectivity index (χ2v) is 11.7. The molecule has 3 aromatic carbocycles. The molecule has 6 rings (SSSR count). The predicted molar refractivity (Wildman–Crippen MR) is 177 cm³/mol. The number of halogens is 1. The van der Waals surface area contributed by atoms with Crippen molar-refractivity contribution in [3.05, 3.63) is 113 Å². The summed E-state index contributed by atoms with van der Waals surface area (Å²) in [6, 6.07) is 26.5. The molecule has 1 aliphatic rings. The highest BCUT2D eigenvalue weighted by atomic mass is 35.5. The summed E-state index contributed by atoms with van der Waals surface area (Å²) in [5.74, 6) is 0. The Labute approximate surface area is 263 Å². The fourth-order valence-electron chi connectivity index (χ4n) is 6.02. The van der Waals surface area contributed by atoms with Gasteiger partial charge in [0.15, 0.2) is 0 Å². The van der Waals surface area contributed by atoms with E-state index in [2.05, 4.69) is 68.1 Å². The van der Waals surface area contributed by atoms with Gasteiger partial charge in [-0.3, -0.25) is 9.67 Å². The number of nitriles is 1. The zero-order valence-electron chi connectivity index (χ0n) is 25.0. The maximum atomic E-state index is 10.0. The topological polar surface area (TPSA) is 94.7 Å². The molecule has 0 saturated carbocycles. The highest BCUT2D eigenvalue weighted by Gasteiger charge is 2.21. The van der Waals surface area contributed by atoms with E-state index >= 15 is 0 Å². The van der Waals surface area contributed by atoms with E-state index in [4.69, 9.17) is 11.6 Å². The van der Waals surface area contributed by atoms with Crippen LogP contribution in [0.4, 0.5) is 11.4 Å². The van der Waals surface area contributed by atoms with Crippen LogP contribution in [0, 0.1) is 11.3 Å². The summed E-state index contributed by atoms with van der Waals surface area (Å²) in [5, 5.41) is 27.7. The van der Waals surface area contributed by atoms with Gasteiger partial charge >= 0.3 is 0 Å². The molecule has 0 bridgehead atoms. The van der Waals surface area contributed by atoms with Crippen molar-refractivity contribution in [2.75, 3.05) is 30.3 Å². The second-order valence-electron chi connectivity index (χ2n) is 11.3. The summed E-state index contributed by atoms with van der Waals surface area (Å²) in [4.78, 5) is 7.09. The van der Waals surface area contributed by atoms with Gasteiger partial charge in [-0.1, -0.05) is 84.4 Å². The van der Waals surface area contributed by atoms with E-state index in [-0.39, 0.29) is 12.1 Å². The van der Waals surface area contributed by atoms with Crippen LogP contribution < -0.4 is 10.6 Å². The smallest absolute Gasteiger partial charge is 0.109 e. The Hall–Kier alpha value is -4.45. The SMILES string of the molecule is CC[C@@H](Nc1c(C#N)cnc2c(Cl)cc(N[C@@H](c3ccccc3)c3cn(CCCN4CCCC4)nn3)cc12)c1ccccc1. The number of hydrogen-bond donors (Lipinski definition) is 2. The molecule has 44 heavy (non-hydrogen) atoms. The van der Waals surface area contributed by atoms with E-state index in [9.17, 15) is 5.26 Å². The first kappa shape index (κ1) is 29.6. The van der Waals surface area contributed by atoms with Gasteiger partial charge in [-0.15, -0.1) is 5.10 Å². The molecule has 1 aliphatic heterocycles. The Balaban J connectivity index is 1.32. The first-order valence-corrected chi connectivity index (χ1v) is 15.8. The molecule has 0 aliphatic carbocycles. The number of likely N-dealkylation sites (tertiary alicyclic amines) is 1. The Morgan fingerprint density at radius 3 is 2.39 bits per heavy atom. The molecule has 0 spiro atoms. The summed E-state index contributed by atoms with van der Waals surface area (Å²) in [7, 11) is 0. The zero-order valence-corrected chi connectivity index (χ0v) is 25.7. The van der Waals surface area contributed by atoms with Gasteiger partial charge in [-0.05, 0) is 68.6 Å². The van der Waals surface area contributed by atoms with Gasteiger partial charge in [0.1, 0.15) is 11.8 Å². The van der Waals surface area contributed by atoms with Crippen molar-refractivity contribution < 1.29 is 0 Å². The largest absolute Gasteiger partial charge is 0.377 e. The Morgan fingerprint density at radius 2 is 1.68 bits per heavy atom. The van der Waals surface area contributed by atoms with Crippen molar-refractivity contribution in [3.8, 4) is 6.07 Å². The minimum atomic E-state index is -0.256. The predicted octanol–water partition coefficient (Wildman–Crippen LogP) is 7.60. The van der Waals surface area contributed by atoms with Gasteiger partial charge in [0, 0.05) is 23.8 Å². The molecule has 5 aromatic rings. The van der Waals surface area contributed by atoms with Gasteiger partial charge < -0.3 is 15.5 Å². The van der Waals surface area contributed by atoms with Crippen molar-refractivity contribution in [1.82, 2.24) is 24.9 Å². The third kappa shape index (κ3) is 6.70. The molecule has 224 valence electrons. The monoisotopic (exact) mass is 604 g/mol. The molecule has 2 N–H and O–H groups in total. The number of hydrogen-bond acceptors (Lipinski definition) is 7. The molecule has 2 atom stereocenters. The summed E-state index contributed by atoms with van der Waals surface area (Å²) >= 11 is 6.86. The highest BCUT2D eigenvalue weighted by molar-refractivity contribution is 6.35. The fraction of sp³-hybridized carbons (Fsp3) is 0.314. The van der Waals surface area contributed by atoms with Gasteiger partial charge in [0.05, 0.1) is 40.1 Å². The average Bonchev–Trinajstić information content (AvgIpc) is 3.76. The summed E-state index contributed by atoms with van der Waals surface area (Å²) in [6.45, 7) is 6.44. The van der Waals surface area contributed by atoms with Crippen LogP contribution in [-0.2, 0) is 6.54 Å². The Kier molecular flexibility index (Phi) is 9.35. The van der Waals surface area contributed by atoms with Crippen molar-refractivity contribution in [2.45, 2.75) is 51.2 Å². The fourth-order valence-corrected chi connectivity index (χ4v) is 6.29.